The van der Waals surface area contributed by atoms with Gasteiger partial charge in [-0.25, -0.2) is 4.98 Å². The average Bonchev–Trinajstić information content (AvgIpc) is 2.10. The van der Waals surface area contributed by atoms with Crippen LogP contribution in [0.5, 0.6) is 0 Å². The first-order valence-corrected chi connectivity index (χ1v) is 6.10. The number of nitrogens with zero attached hydrogens (tertiary/aromatic N) is 1. The van der Waals surface area contributed by atoms with Gasteiger partial charge >= 0.3 is 0 Å². The van der Waals surface area contributed by atoms with Gasteiger partial charge in [0.1, 0.15) is 0 Å². The fourth-order valence-electron chi connectivity index (χ4n) is 0.813. The maximum absolute atomic E-state index is 11.3. The van der Waals surface area contributed by atoms with Crippen LogP contribution < -0.4 is 5.56 Å². The Morgan fingerprint density at radius 3 is 2.85 bits per heavy atom. The van der Waals surface area contributed by atoms with Crippen molar-refractivity contribution >= 4 is 34.4 Å². The molecule has 72 valence electrons. The molecule has 1 N–H and O–H groups in total. The van der Waals surface area contributed by atoms with E-state index in [9.17, 15) is 4.79 Å². The zero-order chi connectivity index (χ0) is 9.84. The molecule has 0 spiro atoms. The molecule has 0 aliphatic carbocycles. The summed E-state index contributed by atoms with van der Waals surface area (Å²) < 4.78 is 0.679. The molecular formula is C8H11IN2OS. The van der Waals surface area contributed by atoms with E-state index in [-0.39, 0.29) is 5.56 Å². The average molecular weight is 310 g/mol. The van der Waals surface area contributed by atoms with Crippen LogP contribution in [-0.4, -0.2) is 15.7 Å². The molecule has 0 saturated heterocycles. The van der Waals surface area contributed by atoms with Gasteiger partial charge in [-0.15, -0.1) is 0 Å². The van der Waals surface area contributed by atoms with Crippen LogP contribution in [0.3, 0.4) is 0 Å². The molecule has 1 heterocycles. The maximum Gasteiger partial charge on any atom is 0.265 e. The van der Waals surface area contributed by atoms with Gasteiger partial charge in [0.25, 0.3) is 5.56 Å². The van der Waals surface area contributed by atoms with Crippen molar-refractivity contribution in [3.8, 4) is 0 Å². The molecule has 0 amide bonds. The van der Waals surface area contributed by atoms with Crippen LogP contribution in [0.1, 0.15) is 19.0 Å². The van der Waals surface area contributed by atoms with Crippen molar-refractivity contribution in [1.29, 1.82) is 0 Å². The molecule has 3 nitrogen and oxygen atoms in total. The van der Waals surface area contributed by atoms with Crippen molar-refractivity contribution in [3.05, 3.63) is 19.6 Å². The van der Waals surface area contributed by atoms with Crippen LogP contribution in [-0.2, 0) is 0 Å². The first-order valence-electron chi connectivity index (χ1n) is 4.04. The summed E-state index contributed by atoms with van der Waals surface area (Å²) in [6, 6.07) is 0. The van der Waals surface area contributed by atoms with E-state index in [2.05, 4.69) is 16.9 Å². The number of halogens is 1. The van der Waals surface area contributed by atoms with Crippen molar-refractivity contribution < 1.29 is 0 Å². The molecule has 0 radical (unpaired) electrons. The van der Waals surface area contributed by atoms with E-state index in [0.29, 0.717) is 3.57 Å². The highest BCUT2D eigenvalue weighted by molar-refractivity contribution is 14.1. The van der Waals surface area contributed by atoms with E-state index in [0.717, 1.165) is 23.0 Å². The van der Waals surface area contributed by atoms with Gasteiger partial charge in [0.2, 0.25) is 0 Å². The predicted molar refractivity (Wildman–Crippen MR) is 63.3 cm³/mol. The Labute approximate surface area is 94.9 Å². The number of thioether (sulfide) groups is 1. The molecule has 0 bridgehead atoms. The molecule has 0 atom stereocenters. The minimum Gasteiger partial charge on any atom is -0.301 e. The number of H-pyrrole nitrogens is 1. The van der Waals surface area contributed by atoms with Crippen molar-refractivity contribution in [1.82, 2.24) is 9.97 Å². The lowest BCUT2D eigenvalue weighted by Crippen LogP contribution is -2.14. The van der Waals surface area contributed by atoms with Crippen LogP contribution in [0.15, 0.2) is 9.95 Å². The number of aromatic nitrogens is 2. The second-order valence-corrected chi connectivity index (χ2v) is 4.78. The summed E-state index contributed by atoms with van der Waals surface area (Å²) in [5, 5.41) is 0.727. The number of hydrogen-bond donors (Lipinski definition) is 1. The molecule has 1 aromatic heterocycles. The van der Waals surface area contributed by atoms with Gasteiger partial charge in [-0.1, -0.05) is 18.7 Å². The standard InChI is InChI=1S/C8H11IN2OS/c1-3-4-13-8-10-5(2)6(9)7(12)11-8/h3-4H2,1-2H3,(H,10,11,12). The summed E-state index contributed by atoms with van der Waals surface area (Å²) in [6.07, 6.45) is 1.08. The summed E-state index contributed by atoms with van der Waals surface area (Å²) >= 11 is 3.60. The predicted octanol–water partition coefficient (Wildman–Crippen LogP) is 2.19. The molecular weight excluding hydrogens is 299 g/mol. The fourth-order valence-corrected chi connectivity index (χ4v) is 1.83. The van der Waals surface area contributed by atoms with Gasteiger partial charge in [-0.2, -0.15) is 0 Å². The van der Waals surface area contributed by atoms with Crippen LogP contribution in [0.25, 0.3) is 0 Å². The third kappa shape index (κ3) is 2.98. The van der Waals surface area contributed by atoms with Gasteiger partial charge in [0.15, 0.2) is 5.16 Å². The lowest BCUT2D eigenvalue weighted by atomic mass is 10.5. The SMILES string of the molecule is CCCSc1nc(C)c(I)c(=O)[nH]1. The third-order valence-electron chi connectivity index (χ3n) is 1.45. The smallest absolute Gasteiger partial charge is 0.265 e. The quantitative estimate of drug-likeness (QED) is 0.529. The lowest BCUT2D eigenvalue weighted by Gasteiger charge is -2.01. The zero-order valence-electron chi connectivity index (χ0n) is 7.56. The molecule has 0 saturated carbocycles. The Bertz CT molecular complexity index is 350. The fraction of sp³-hybridized carbons (Fsp3) is 0.500. The molecule has 13 heavy (non-hydrogen) atoms. The van der Waals surface area contributed by atoms with E-state index in [1.807, 2.05) is 29.5 Å². The second kappa shape index (κ2) is 4.99. The van der Waals surface area contributed by atoms with Gasteiger partial charge in [0, 0.05) is 5.75 Å². The van der Waals surface area contributed by atoms with E-state index in [1.165, 1.54) is 0 Å². The molecule has 1 aromatic rings. The summed E-state index contributed by atoms with van der Waals surface area (Å²) in [5.41, 5.74) is 0.773. The van der Waals surface area contributed by atoms with E-state index in [4.69, 9.17) is 0 Å². The summed E-state index contributed by atoms with van der Waals surface area (Å²) in [4.78, 5) is 18.3. The Balaban J connectivity index is 2.93. The molecule has 1 rings (SSSR count). The van der Waals surface area contributed by atoms with Crippen molar-refractivity contribution in [2.45, 2.75) is 25.4 Å². The minimum atomic E-state index is -0.0355. The first kappa shape index (κ1) is 11.0. The molecule has 0 aromatic carbocycles. The minimum absolute atomic E-state index is 0.0355. The van der Waals surface area contributed by atoms with Gasteiger partial charge in [-0.05, 0) is 35.9 Å². The van der Waals surface area contributed by atoms with E-state index in [1.54, 1.807) is 11.8 Å². The second-order valence-electron chi connectivity index (χ2n) is 2.62. The number of nitrogens with one attached hydrogen (secondary N) is 1. The molecule has 0 unspecified atom stereocenters. The topological polar surface area (TPSA) is 45.8 Å². The monoisotopic (exact) mass is 310 g/mol. The van der Waals surface area contributed by atoms with Crippen LogP contribution in [0.2, 0.25) is 0 Å². The first-order chi connectivity index (χ1) is 6.15. The largest absolute Gasteiger partial charge is 0.301 e. The highest BCUT2D eigenvalue weighted by Gasteiger charge is 2.04. The summed E-state index contributed by atoms with van der Waals surface area (Å²) in [7, 11) is 0. The van der Waals surface area contributed by atoms with Crippen LogP contribution in [0.4, 0.5) is 0 Å². The van der Waals surface area contributed by atoms with Gasteiger partial charge in [-0.3, -0.25) is 4.79 Å². The number of hydrogen-bond acceptors (Lipinski definition) is 3. The Morgan fingerprint density at radius 1 is 1.62 bits per heavy atom. The van der Waals surface area contributed by atoms with E-state index < -0.39 is 0 Å². The Morgan fingerprint density at radius 2 is 2.31 bits per heavy atom. The molecule has 0 aliphatic rings. The zero-order valence-corrected chi connectivity index (χ0v) is 10.5. The Kier molecular flexibility index (Phi) is 4.24. The number of aryl methyl sites for hydroxylation is 1. The molecule has 0 fully saturated rings. The van der Waals surface area contributed by atoms with Crippen molar-refractivity contribution in [3.63, 3.8) is 0 Å². The van der Waals surface area contributed by atoms with Gasteiger partial charge in [0.05, 0.1) is 9.26 Å². The van der Waals surface area contributed by atoms with Gasteiger partial charge < -0.3 is 4.98 Å². The van der Waals surface area contributed by atoms with Crippen LogP contribution in [0, 0.1) is 10.5 Å². The highest BCUT2D eigenvalue weighted by Crippen LogP contribution is 2.13. The number of aromatic amines is 1. The Hall–Kier alpha value is -0.0400. The maximum atomic E-state index is 11.3. The highest BCUT2D eigenvalue weighted by atomic mass is 127. The lowest BCUT2D eigenvalue weighted by molar-refractivity contribution is 0.890. The third-order valence-corrected chi connectivity index (χ3v) is 3.80. The number of rotatable bonds is 3. The normalized spacial score (nSPS) is 10.4. The summed E-state index contributed by atoms with van der Waals surface area (Å²) in [5.74, 6) is 0.989. The molecule has 5 heteroatoms. The van der Waals surface area contributed by atoms with Crippen molar-refractivity contribution in [2.24, 2.45) is 0 Å². The van der Waals surface area contributed by atoms with E-state index >= 15 is 0 Å². The summed E-state index contributed by atoms with van der Waals surface area (Å²) in [6.45, 7) is 3.96. The molecule has 0 aliphatic heterocycles. The van der Waals surface area contributed by atoms with Crippen molar-refractivity contribution in [2.75, 3.05) is 5.75 Å². The van der Waals surface area contributed by atoms with Crippen LogP contribution >= 0.6 is 34.4 Å².